The summed E-state index contributed by atoms with van der Waals surface area (Å²) in [5.74, 6) is 1.70. The molecule has 0 spiro atoms. The molecule has 0 unspecified atom stereocenters. The summed E-state index contributed by atoms with van der Waals surface area (Å²) < 4.78 is 0. The first-order chi connectivity index (χ1) is 14.5. The number of carbonyl (C=O) groups excluding carboxylic acids is 1. The maximum absolute atomic E-state index is 12.4. The Hall–Kier alpha value is -1.79. The van der Waals surface area contributed by atoms with E-state index in [1.54, 1.807) is 11.8 Å². The quantitative estimate of drug-likeness (QED) is 0.297. The lowest BCUT2D eigenvalue weighted by Crippen LogP contribution is -2.34. The molecule has 162 valence electrons. The highest BCUT2D eigenvalue weighted by atomic mass is 35.5. The van der Waals surface area contributed by atoms with Gasteiger partial charge >= 0.3 is 0 Å². The molecule has 0 atom stereocenters. The molecule has 3 rings (SSSR count). The Kier molecular flexibility index (Phi) is 8.40. The summed E-state index contributed by atoms with van der Waals surface area (Å²) in [5.41, 5.74) is 1.85. The normalized spacial score (nSPS) is 14.5. The molecular formula is C23H31ClN4OS. The van der Waals surface area contributed by atoms with E-state index >= 15 is 0 Å². The summed E-state index contributed by atoms with van der Waals surface area (Å²) in [4.78, 5) is 25.7. The predicted octanol–water partition coefficient (Wildman–Crippen LogP) is 5.67. The first-order valence-electron chi connectivity index (χ1n) is 10.8. The molecule has 0 N–H and O–H groups in total. The van der Waals surface area contributed by atoms with E-state index in [0.29, 0.717) is 16.4 Å². The van der Waals surface area contributed by atoms with Gasteiger partial charge in [-0.05, 0) is 44.4 Å². The Morgan fingerprint density at radius 3 is 2.40 bits per heavy atom. The third kappa shape index (κ3) is 5.88. The molecular weight excluding hydrogens is 416 g/mol. The predicted molar refractivity (Wildman–Crippen MR) is 126 cm³/mol. The van der Waals surface area contributed by atoms with Crippen LogP contribution in [0.3, 0.4) is 0 Å². The Balaban J connectivity index is 1.64. The summed E-state index contributed by atoms with van der Waals surface area (Å²) in [6, 6.07) is 10.2. The zero-order valence-corrected chi connectivity index (χ0v) is 19.7. The van der Waals surface area contributed by atoms with Crippen molar-refractivity contribution in [2.45, 2.75) is 62.9 Å². The van der Waals surface area contributed by atoms with Crippen molar-refractivity contribution in [3.05, 3.63) is 46.6 Å². The number of aromatic nitrogens is 2. The van der Waals surface area contributed by atoms with E-state index in [9.17, 15) is 4.79 Å². The Labute approximate surface area is 189 Å². The Bertz CT molecular complexity index is 836. The van der Waals surface area contributed by atoms with Crippen molar-refractivity contribution >= 4 is 35.1 Å². The van der Waals surface area contributed by atoms with Crippen molar-refractivity contribution in [2.75, 3.05) is 25.0 Å². The number of halogens is 1. The van der Waals surface area contributed by atoms with E-state index in [4.69, 9.17) is 16.6 Å². The molecule has 1 aromatic heterocycles. The second-order valence-corrected chi connectivity index (χ2v) is 9.03. The van der Waals surface area contributed by atoms with E-state index in [2.05, 4.69) is 16.9 Å². The fourth-order valence-electron chi connectivity index (χ4n) is 3.87. The van der Waals surface area contributed by atoms with Gasteiger partial charge in [0, 0.05) is 43.6 Å². The molecule has 30 heavy (non-hydrogen) atoms. The SMILES string of the molecule is CCN(CC)C(=O)c1ccc(CSc2nc(Cl)cc(N(C)C3CCCCC3)n2)cc1. The van der Waals surface area contributed by atoms with Crippen molar-refractivity contribution in [3.63, 3.8) is 0 Å². The lowest BCUT2D eigenvalue weighted by atomic mass is 9.94. The van der Waals surface area contributed by atoms with Crippen molar-refractivity contribution in [3.8, 4) is 0 Å². The molecule has 1 amide bonds. The van der Waals surface area contributed by atoms with Crippen LogP contribution in [-0.2, 0) is 5.75 Å². The minimum Gasteiger partial charge on any atom is -0.357 e. The third-order valence-corrected chi connectivity index (χ3v) is 6.88. The van der Waals surface area contributed by atoms with Crippen LogP contribution < -0.4 is 4.90 Å². The van der Waals surface area contributed by atoms with Gasteiger partial charge in [0.1, 0.15) is 11.0 Å². The molecule has 0 saturated heterocycles. The van der Waals surface area contributed by atoms with Gasteiger partial charge in [-0.2, -0.15) is 0 Å². The highest BCUT2D eigenvalue weighted by Gasteiger charge is 2.20. The van der Waals surface area contributed by atoms with E-state index in [0.717, 1.165) is 35.8 Å². The lowest BCUT2D eigenvalue weighted by Gasteiger charge is -2.32. The second-order valence-electron chi connectivity index (χ2n) is 7.70. The highest BCUT2D eigenvalue weighted by molar-refractivity contribution is 7.98. The molecule has 7 heteroatoms. The van der Waals surface area contributed by atoms with Crippen LogP contribution >= 0.6 is 23.4 Å². The zero-order valence-electron chi connectivity index (χ0n) is 18.1. The zero-order chi connectivity index (χ0) is 21.5. The monoisotopic (exact) mass is 446 g/mol. The largest absolute Gasteiger partial charge is 0.357 e. The summed E-state index contributed by atoms with van der Waals surface area (Å²) in [7, 11) is 2.11. The van der Waals surface area contributed by atoms with E-state index in [-0.39, 0.29) is 5.91 Å². The van der Waals surface area contributed by atoms with Gasteiger partial charge in [-0.3, -0.25) is 4.79 Å². The number of benzene rings is 1. The maximum Gasteiger partial charge on any atom is 0.253 e. The topological polar surface area (TPSA) is 49.3 Å². The van der Waals surface area contributed by atoms with Crippen LogP contribution in [0.1, 0.15) is 61.9 Å². The van der Waals surface area contributed by atoms with Crippen LogP contribution in [0.15, 0.2) is 35.5 Å². The first-order valence-corrected chi connectivity index (χ1v) is 12.2. The smallest absolute Gasteiger partial charge is 0.253 e. The van der Waals surface area contributed by atoms with Gasteiger partial charge in [-0.1, -0.05) is 54.8 Å². The number of carbonyl (C=O) groups is 1. The minimum absolute atomic E-state index is 0.0766. The molecule has 0 bridgehead atoms. The standard InChI is InChI=1S/C23H31ClN4OS/c1-4-28(5-2)22(29)18-13-11-17(12-14-18)16-30-23-25-20(24)15-21(26-23)27(3)19-9-7-6-8-10-19/h11-15,19H,4-10,16H2,1-3H3. The minimum atomic E-state index is 0.0766. The number of rotatable bonds is 8. The number of anilines is 1. The van der Waals surface area contributed by atoms with Crippen LogP contribution in [0, 0.1) is 0 Å². The second kappa shape index (κ2) is 11.0. The molecule has 5 nitrogen and oxygen atoms in total. The molecule has 1 heterocycles. The molecule has 1 aromatic carbocycles. The lowest BCUT2D eigenvalue weighted by molar-refractivity contribution is 0.0773. The van der Waals surface area contributed by atoms with Crippen LogP contribution in [0.25, 0.3) is 0 Å². The van der Waals surface area contributed by atoms with E-state index in [1.165, 1.54) is 32.1 Å². The molecule has 1 aliphatic rings. The van der Waals surface area contributed by atoms with Gasteiger partial charge in [0.25, 0.3) is 5.91 Å². The Morgan fingerprint density at radius 2 is 1.77 bits per heavy atom. The summed E-state index contributed by atoms with van der Waals surface area (Å²) in [6.45, 7) is 5.43. The van der Waals surface area contributed by atoms with Crippen LogP contribution in [0.2, 0.25) is 5.15 Å². The maximum atomic E-state index is 12.4. The third-order valence-electron chi connectivity index (χ3n) is 5.76. The highest BCUT2D eigenvalue weighted by Crippen LogP contribution is 2.28. The van der Waals surface area contributed by atoms with Crippen LogP contribution in [-0.4, -0.2) is 47.0 Å². The van der Waals surface area contributed by atoms with Gasteiger partial charge in [0.15, 0.2) is 5.16 Å². The van der Waals surface area contributed by atoms with E-state index < -0.39 is 0 Å². The molecule has 0 aliphatic heterocycles. The number of amides is 1. The number of hydrogen-bond donors (Lipinski definition) is 0. The van der Waals surface area contributed by atoms with Crippen molar-refractivity contribution in [2.24, 2.45) is 0 Å². The first kappa shape index (κ1) is 22.9. The number of nitrogens with zero attached hydrogens (tertiary/aromatic N) is 4. The van der Waals surface area contributed by atoms with Crippen LogP contribution in [0.5, 0.6) is 0 Å². The average molecular weight is 447 g/mol. The Morgan fingerprint density at radius 1 is 1.10 bits per heavy atom. The molecule has 0 radical (unpaired) electrons. The molecule has 1 saturated carbocycles. The number of hydrogen-bond acceptors (Lipinski definition) is 5. The van der Waals surface area contributed by atoms with Gasteiger partial charge in [-0.25, -0.2) is 9.97 Å². The van der Waals surface area contributed by atoms with Gasteiger partial charge in [-0.15, -0.1) is 0 Å². The van der Waals surface area contributed by atoms with E-state index in [1.807, 2.05) is 49.1 Å². The fourth-order valence-corrected chi connectivity index (χ4v) is 4.91. The van der Waals surface area contributed by atoms with Crippen molar-refractivity contribution in [1.82, 2.24) is 14.9 Å². The summed E-state index contributed by atoms with van der Waals surface area (Å²) in [6.07, 6.45) is 6.30. The average Bonchev–Trinajstić information content (AvgIpc) is 2.78. The summed E-state index contributed by atoms with van der Waals surface area (Å²) >= 11 is 7.86. The molecule has 1 aliphatic carbocycles. The van der Waals surface area contributed by atoms with Crippen LogP contribution in [0.4, 0.5) is 5.82 Å². The summed E-state index contributed by atoms with van der Waals surface area (Å²) in [5, 5.41) is 1.16. The van der Waals surface area contributed by atoms with Gasteiger partial charge in [0.2, 0.25) is 0 Å². The van der Waals surface area contributed by atoms with Crippen molar-refractivity contribution < 1.29 is 4.79 Å². The number of thioether (sulfide) groups is 1. The fraction of sp³-hybridized carbons (Fsp3) is 0.522. The van der Waals surface area contributed by atoms with Gasteiger partial charge in [0.05, 0.1) is 0 Å². The van der Waals surface area contributed by atoms with Gasteiger partial charge < -0.3 is 9.80 Å². The molecule has 2 aromatic rings. The van der Waals surface area contributed by atoms with Crippen molar-refractivity contribution in [1.29, 1.82) is 0 Å². The molecule has 1 fully saturated rings.